The summed E-state index contributed by atoms with van der Waals surface area (Å²) in [7, 11) is 0. The number of aryl methyl sites for hydroxylation is 1. The molecule has 0 fully saturated rings. The Bertz CT molecular complexity index is 1140. The molecule has 1 atom stereocenters. The predicted molar refractivity (Wildman–Crippen MR) is 105 cm³/mol. The van der Waals surface area contributed by atoms with Gasteiger partial charge in [0, 0.05) is 5.69 Å². The summed E-state index contributed by atoms with van der Waals surface area (Å²) in [5.41, 5.74) is 2.30. The summed E-state index contributed by atoms with van der Waals surface area (Å²) in [6.45, 7) is 1.87. The first kappa shape index (κ1) is 18.4. The van der Waals surface area contributed by atoms with E-state index in [1.165, 1.54) is 29.1 Å². The van der Waals surface area contributed by atoms with Gasteiger partial charge < -0.3 is 15.7 Å². The zero-order valence-corrected chi connectivity index (χ0v) is 15.4. The van der Waals surface area contributed by atoms with E-state index >= 15 is 0 Å². The quantitative estimate of drug-likeness (QED) is 0.631. The molecule has 1 amide bonds. The summed E-state index contributed by atoms with van der Waals surface area (Å²) in [6.07, 6.45) is 2.85. The number of carbonyl (C=O) groups excluding carboxylic acids is 1. The molecule has 29 heavy (non-hydrogen) atoms. The van der Waals surface area contributed by atoms with Crippen LogP contribution in [0, 0.1) is 12.7 Å². The van der Waals surface area contributed by atoms with Gasteiger partial charge in [-0.15, -0.1) is 0 Å². The third kappa shape index (κ3) is 3.47. The molecule has 3 aromatic rings. The number of rotatable bonds is 4. The standard InChI is InChI=1S/C21H17FN4O3/c1-12-4-2-3-5-16(12)25-20(27)15-11-23-26-18(13-6-8-14(22)9-7-13)10-17(21(28)29)24-19(15)26/h2-11,18,24H,1H3,(H,25,27)(H,28,29)/t18-/m0/s1. The van der Waals surface area contributed by atoms with Crippen LogP contribution < -0.4 is 10.6 Å². The third-order valence-corrected chi connectivity index (χ3v) is 4.72. The Morgan fingerprint density at radius 2 is 1.90 bits per heavy atom. The van der Waals surface area contributed by atoms with E-state index < -0.39 is 23.7 Å². The van der Waals surface area contributed by atoms with Gasteiger partial charge in [-0.2, -0.15) is 5.10 Å². The summed E-state index contributed by atoms with van der Waals surface area (Å²) in [5, 5.41) is 19.4. The highest BCUT2D eigenvalue weighted by atomic mass is 19.1. The van der Waals surface area contributed by atoms with Crippen LogP contribution in [0.25, 0.3) is 0 Å². The van der Waals surface area contributed by atoms with Crippen molar-refractivity contribution in [3.8, 4) is 0 Å². The van der Waals surface area contributed by atoms with Gasteiger partial charge in [-0.25, -0.2) is 13.9 Å². The van der Waals surface area contributed by atoms with E-state index in [9.17, 15) is 19.1 Å². The SMILES string of the molecule is Cc1ccccc1NC(=O)c1cnn2c1NC(C(=O)O)=C[C@H]2c1ccc(F)cc1. The lowest BCUT2D eigenvalue weighted by Crippen LogP contribution is -2.25. The van der Waals surface area contributed by atoms with Crippen molar-refractivity contribution in [3.05, 3.63) is 89.0 Å². The summed E-state index contributed by atoms with van der Waals surface area (Å²) >= 11 is 0. The highest BCUT2D eigenvalue weighted by Crippen LogP contribution is 2.32. The summed E-state index contributed by atoms with van der Waals surface area (Å²) < 4.78 is 14.8. The number of halogens is 1. The molecule has 1 aromatic heterocycles. The fourth-order valence-corrected chi connectivity index (χ4v) is 3.19. The summed E-state index contributed by atoms with van der Waals surface area (Å²) in [6, 6.07) is 12.4. The maximum Gasteiger partial charge on any atom is 0.352 e. The average molecular weight is 392 g/mol. The van der Waals surface area contributed by atoms with E-state index in [4.69, 9.17) is 0 Å². The summed E-state index contributed by atoms with van der Waals surface area (Å²) in [5.74, 6) is -1.73. The van der Waals surface area contributed by atoms with Crippen molar-refractivity contribution in [2.24, 2.45) is 0 Å². The van der Waals surface area contributed by atoms with Crippen LogP contribution in [0.3, 0.4) is 0 Å². The minimum Gasteiger partial charge on any atom is -0.477 e. The van der Waals surface area contributed by atoms with E-state index in [0.717, 1.165) is 5.56 Å². The number of benzene rings is 2. The number of fused-ring (bicyclic) bond motifs is 1. The van der Waals surface area contributed by atoms with Gasteiger partial charge in [0.1, 0.15) is 22.9 Å². The second-order valence-corrected chi connectivity index (χ2v) is 6.63. The van der Waals surface area contributed by atoms with Crippen LogP contribution in [0.4, 0.5) is 15.9 Å². The number of aliphatic carboxylic acids is 1. The molecule has 8 heteroatoms. The lowest BCUT2D eigenvalue weighted by molar-refractivity contribution is -0.132. The number of aromatic nitrogens is 2. The number of para-hydroxylation sites is 1. The first-order valence-electron chi connectivity index (χ1n) is 8.86. The van der Waals surface area contributed by atoms with Gasteiger partial charge in [0.2, 0.25) is 0 Å². The fourth-order valence-electron chi connectivity index (χ4n) is 3.19. The molecule has 0 aliphatic carbocycles. The Morgan fingerprint density at radius 3 is 2.59 bits per heavy atom. The molecule has 0 unspecified atom stereocenters. The number of carboxylic acids is 1. The van der Waals surface area contributed by atoms with Crippen molar-refractivity contribution < 1.29 is 19.1 Å². The van der Waals surface area contributed by atoms with Gasteiger partial charge in [-0.05, 0) is 42.3 Å². The Labute approximate surface area is 165 Å². The molecule has 4 rings (SSSR count). The first-order chi connectivity index (χ1) is 13.9. The second-order valence-electron chi connectivity index (χ2n) is 6.63. The van der Waals surface area contributed by atoms with Crippen LogP contribution >= 0.6 is 0 Å². The highest BCUT2D eigenvalue weighted by molar-refractivity contribution is 6.08. The number of amides is 1. The van der Waals surface area contributed by atoms with Gasteiger partial charge in [-0.3, -0.25) is 4.79 Å². The molecule has 0 saturated carbocycles. The van der Waals surface area contributed by atoms with Gasteiger partial charge in [-0.1, -0.05) is 30.3 Å². The normalized spacial score (nSPS) is 15.1. The third-order valence-electron chi connectivity index (χ3n) is 4.72. The zero-order valence-electron chi connectivity index (χ0n) is 15.4. The number of nitrogens with zero attached hydrogens (tertiary/aromatic N) is 2. The minimum absolute atomic E-state index is 0.0859. The number of hydrogen-bond donors (Lipinski definition) is 3. The Hall–Kier alpha value is -3.94. The second kappa shape index (κ2) is 7.23. The summed E-state index contributed by atoms with van der Waals surface area (Å²) in [4.78, 5) is 24.5. The van der Waals surface area contributed by atoms with Crippen LogP contribution in [-0.2, 0) is 4.79 Å². The number of hydrogen-bond acceptors (Lipinski definition) is 4. The molecular formula is C21H17FN4O3. The number of carbonyl (C=O) groups is 2. The molecule has 0 bridgehead atoms. The molecule has 146 valence electrons. The maximum atomic E-state index is 13.3. The molecule has 0 saturated heterocycles. The largest absolute Gasteiger partial charge is 0.477 e. The minimum atomic E-state index is -1.17. The van der Waals surface area contributed by atoms with E-state index in [-0.39, 0.29) is 17.1 Å². The Balaban J connectivity index is 1.73. The molecule has 0 spiro atoms. The molecule has 0 radical (unpaired) electrons. The van der Waals surface area contributed by atoms with Crippen LogP contribution in [0.15, 0.2) is 66.5 Å². The number of nitrogens with one attached hydrogen (secondary N) is 2. The van der Waals surface area contributed by atoms with E-state index in [2.05, 4.69) is 15.7 Å². The van der Waals surface area contributed by atoms with Gasteiger partial charge >= 0.3 is 5.97 Å². The predicted octanol–water partition coefficient (Wildman–Crippen LogP) is 3.57. The lowest BCUT2D eigenvalue weighted by atomic mass is 10.0. The Kier molecular flexibility index (Phi) is 4.59. The van der Waals surface area contributed by atoms with Crippen LogP contribution in [0.2, 0.25) is 0 Å². The van der Waals surface area contributed by atoms with Crippen molar-refractivity contribution >= 4 is 23.4 Å². The topological polar surface area (TPSA) is 96.3 Å². The van der Waals surface area contributed by atoms with Crippen molar-refractivity contribution in [1.82, 2.24) is 9.78 Å². The van der Waals surface area contributed by atoms with Crippen molar-refractivity contribution in [2.45, 2.75) is 13.0 Å². The van der Waals surface area contributed by atoms with E-state index in [1.54, 1.807) is 18.2 Å². The van der Waals surface area contributed by atoms with Crippen molar-refractivity contribution in [2.75, 3.05) is 10.6 Å². The smallest absolute Gasteiger partial charge is 0.352 e. The van der Waals surface area contributed by atoms with Gasteiger partial charge in [0.25, 0.3) is 5.91 Å². The van der Waals surface area contributed by atoms with Gasteiger partial charge in [0.15, 0.2) is 0 Å². The fraction of sp³-hybridized carbons (Fsp3) is 0.0952. The van der Waals surface area contributed by atoms with Crippen LogP contribution in [0.1, 0.15) is 27.5 Å². The van der Waals surface area contributed by atoms with Crippen molar-refractivity contribution in [3.63, 3.8) is 0 Å². The lowest BCUT2D eigenvalue weighted by Gasteiger charge is -2.24. The number of carboxylic acid groups (broad SMARTS) is 1. The van der Waals surface area contributed by atoms with Crippen LogP contribution in [0.5, 0.6) is 0 Å². The highest BCUT2D eigenvalue weighted by Gasteiger charge is 2.29. The molecule has 3 N–H and O–H groups in total. The molecule has 2 heterocycles. The zero-order chi connectivity index (χ0) is 20.5. The molecule has 1 aliphatic heterocycles. The number of allylic oxidation sites excluding steroid dienone is 1. The molecular weight excluding hydrogens is 375 g/mol. The molecule has 2 aromatic carbocycles. The van der Waals surface area contributed by atoms with Crippen LogP contribution in [-0.4, -0.2) is 26.8 Å². The maximum absolute atomic E-state index is 13.3. The average Bonchev–Trinajstić information content (AvgIpc) is 3.14. The number of anilines is 2. The van der Waals surface area contributed by atoms with E-state index in [0.29, 0.717) is 11.3 Å². The Morgan fingerprint density at radius 1 is 1.17 bits per heavy atom. The monoisotopic (exact) mass is 392 g/mol. The van der Waals surface area contributed by atoms with Crippen molar-refractivity contribution in [1.29, 1.82) is 0 Å². The van der Waals surface area contributed by atoms with E-state index in [1.807, 2.05) is 25.1 Å². The molecule has 1 aliphatic rings. The molecule has 7 nitrogen and oxygen atoms in total. The first-order valence-corrected chi connectivity index (χ1v) is 8.86. The van der Waals surface area contributed by atoms with Gasteiger partial charge in [0.05, 0.1) is 12.2 Å².